The van der Waals surface area contributed by atoms with E-state index in [1.807, 2.05) is 0 Å². The van der Waals surface area contributed by atoms with E-state index >= 15 is 0 Å². The van der Waals surface area contributed by atoms with Gasteiger partial charge in [-0.25, -0.2) is 0 Å². The number of ether oxygens (including phenoxy) is 1. The van der Waals surface area contributed by atoms with Crippen LogP contribution < -0.4 is 5.32 Å². The first-order valence-electron chi connectivity index (χ1n) is 5.85. The molecule has 0 bridgehead atoms. The Morgan fingerprint density at radius 1 is 1.29 bits per heavy atom. The van der Waals surface area contributed by atoms with Crippen LogP contribution in [0.15, 0.2) is 0 Å². The van der Waals surface area contributed by atoms with E-state index in [1.54, 1.807) is 7.11 Å². The molecule has 2 aliphatic rings. The summed E-state index contributed by atoms with van der Waals surface area (Å²) in [5.41, 5.74) is 0. The number of rotatable bonds is 3. The number of nitrogens with one attached hydrogen (secondary N) is 1. The summed E-state index contributed by atoms with van der Waals surface area (Å²) in [6, 6.07) is 0.803. The average molecular weight is 198 g/mol. The smallest absolute Gasteiger partial charge is 0.0988 e. The van der Waals surface area contributed by atoms with Crippen molar-refractivity contribution in [2.75, 3.05) is 33.5 Å². The van der Waals surface area contributed by atoms with Gasteiger partial charge in [-0.15, -0.1) is 0 Å². The van der Waals surface area contributed by atoms with Crippen molar-refractivity contribution < 1.29 is 4.74 Å². The summed E-state index contributed by atoms with van der Waals surface area (Å²) in [5, 5.41) is 3.44. The Morgan fingerprint density at radius 3 is 2.79 bits per heavy atom. The molecule has 3 heteroatoms. The Kier molecular flexibility index (Phi) is 3.79. The number of likely N-dealkylation sites (tertiary alicyclic amines) is 1. The fraction of sp³-hybridized carbons (Fsp3) is 1.00. The molecule has 14 heavy (non-hydrogen) atoms. The lowest BCUT2D eigenvalue weighted by Crippen LogP contribution is -2.41. The molecule has 0 spiro atoms. The maximum atomic E-state index is 5.26. The molecule has 2 rings (SSSR count). The van der Waals surface area contributed by atoms with E-state index in [0.717, 1.165) is 18.7 Å². The number of hydrogen-bond donors (Lipinski definition) is 1. The summed E-state index contributed by atoms with van der Waals surface area (Å²) in [7, 11) is 1.80. The van der Waals surface area contributed by atoms with Gasteiger partial charge < -0.3 is 10.1 Å². The van der Waals surface area contributed by atoms with Gasteiger partial charge in [-0.2, -0.15) is 0 Å². The maximum Gasteiger partial charge on any atom is 0.0988 e. The Morgan fingerprint density at radius 2 is 2.07 bits per heavy atom. The van der Waals surface area contributed by atoms with Gasteiger partial charge in [0.2, 0.25) is 0 Å². The van der Waals surface area contributed by atoms with Gasteiger partial charge in [-0.1, -0.05) is 0 Å². The van der Waals surface area contributed by atoms with Crippen LogP contribution in [0.25, 0.3) is 0 Å². The minimum atomic E-state index is 0.803. The van der Waals surface area contributed by atoms with Gasteiger partial charge in [0, 0.05) is 19.7 Å². The molecule has 2 saturated heterocycles. The van der Waals surface area contributed by atoms with Gasteiger partial charge in [0.1, 0.15) is 0 Å². The quantitative estimate of drug-likeness (QED) is 0.733. The summed E-state index contributed by atoms with van der Waals surface area (Å²) in [6.07, 6.45) is 5.45. The molecule has 2 heterocycles. The molecule has 0 aromatic rings. The third-order valence-corrected chi connectivity index (χ3v) is 3.64. The fourth-order valence-corrected chi connectivity index (χ4v) is 2.94. The molecule has 1 unspecified atom stereocenters. The highest BCUT2D eigenvalue weighted by Gasteiger charge is 2.31. The van der Waals surface area contributed by atoms with E-state index in [1.165, 1.54) is 45.3 Å². The molecule has 0 radical (unpaired) electrons. The van der Waals surface area contributed by atoms with E-state index in [2.05, 4.69) is 10.2 Å². The molecule has 0 aromatic carbocycles. The Bertz CT molecular complexity index is 169. The van der Waals surface area contributed by atoms with E-state index in [-0.39, 0.29) is 0 Å². The third-order valence-electron chi connectivity index (χ3n) is 3.64. The van der Waals surface area contributed by atoms with E-state index < -0.39 is 0 Å². The summed E-state index contributed by atoms with van der Waals surface area (Å²) in [4.78, 5) is 2.52. The van der Waals surface area contributed by atoms with Gasteiger partial charge in [-0.3, -0.25) is 4.90 Å². The standard InChI is InChI=1S/C11H22N2O/c1-14-9-13-8-2-3-11(13)10-4-6-12-7-5-10/h10-12H,2-9H2,1H3. The molecular formula is C11H22N2O. The molecule has 2 fully saturated rings. The van der Waals surface area contributed by atoms with Crippen LogP contribution in [-0.4, -0.2) is 44.4 Å². The SMILES string of the molecule is COCN1CCCC1C1CCNCC1. The first-order chi connectivity index (χ1) is 6.92. The number of nitrogens with zero attached hydrogens (tertiary/aromatic N) is 1. The summed E-state index contributed by atoms with van der Waals surface area (Å²) in [5.74, 6) is 0.911. The Labute approximate surface area is 86.8 Å². The summed E-state index contributed by atoms with van der Waals surface area (Å²) >= 11 is 0. The lowest BCUT2D eigenvalue weighted by molar-refractivity contribution is 0.0323. The Balaban J connectivity index is 1.87. The normalized spacial score (nSPS) is 31.1. The highest BCUT2D eigenvalue weighted by molar-refractivity contribution is 4.86. The van der Waals surface area contributed by atoms with E-state index in [4.69, 9.17) is 4.74 Å². The first-order valence-corrected chi connectivity index (χ1v) is 5.85. The van der Waals surface area contributed by atoms with Crippen molar-refractivity contribution >= 4 is 0 Å². The molecule has 82 valence electrons. The highest BCUT2D eigenvalue weighted by Crippen LogP contribution is 2.28. The lowest BCUT2D eigenvalue weighted by atomic mass is 9.89. The van der Waals surface area contributed by atoms with Gasteiger partial charge in [0.15, 0.2) is 0 Å². The zero-order valence-corrected chi connectivity index (χ0v) is 9.17. The predicted molar refractivity (Wildman–Crippen MR) is 57.2 cm³/mol. The van der Waals surface area contributed by atoms with Crippen LogP contribution >= 0.6 is 0 Å². The van der Waals surface area contributed by atoms with Crippen molar-refractivity contribution in [3.63, 3.8) is 0 Å². The second-order valence-electron chi connectivity index (χ2n) is 4.53. The average Bonchev–Trinajstić information content (AvgIpc) is 2.68. The topological polar surface area (TPSA) is 24.5 Å². The maximum absolute atomic E-state index is 5.26. The minimum Gasteiger partial charge on any atom is -0.369 e. The zero-order valence-electron chi connectivity index (χ0n) is 9.17. The van der Waals surface area contributed by atoms with Crippen molar-refractivity contribution in [2.45, 2.75) is 31.7 Å². The molecular weight excluding hydrogens is 176 g/mol. The molecule has 0 aliphatic carbocycles. The van der Waals surface area contributed by atoms with Crippen LogP contribution in [-0.2, 0) is 4.74 Å². The fourth-order valence-electron chi connectivity index (χ4n) is 2.94. The van der Waals surface area contributed by atoms with Crippen molar-refractivity contribution in [1.29, 1.82) is 0 Å². The van der Waals surface area contributed by atoms with Gasteiger partial charge in [0.25, 0.3) is 0 Å². The largest absolute Gasteiger partial charge is 0.369 e. The molecule has 0 aromatic heterocycles. The van der Waals surface area contributed by atoms with Crippen LogP contribution in [0.1, 0.15) is 25.7 Å². The van der Waals surface area contributed by atoms with Crippen molar-refractivity contribution in [2.24, 2.45) is 5.92 Å². The predicted octanol–water partition coefficient (Wildman–Crippen LogP) is 1.05. The monoisotopic (exact) mass is 198 g/mol. The lowest BCUT2D eigenvalue weighted by Gasteiger charge is -2.33. The molecule has 1 atom stereocenters. The minimum absolute atomic E-state index is 0.803. The molecule has 0 amide bonds. The van der Waals surface area contributed by atoms with Crippen LogP contribution in [0.4, 0.5) is 0 Å². The van der Waals surface area contributed by atoms with Gasteiger partial charge >= 0.3 is 0 Å². The van der Waals surface area contributed by atoms with Crippen molar-refractivity contribution in [3.8, 4) is 0 Å². The van der Waals surface area contributed by atoms with Crippen molar-refractivity contribution in [3.05, 3.63) is 0 Å². The summed E-state index contributed by atoms with van der Waals surface area (Å²) in [6.45, 7) is 4.49. The first kappa shape index (κ1) is 10.4. The van der Waals surface area contributed by atoms with Crippen LogP contribution in [0.3, 0.4) is 0 Å². The molecule has 2 aliphatic heterocycles. The third kappa shape index (κ3) is 2.27. The van der Waals surface area contributed by atoms with Gasteiger partial charge in [0.05, 0.1) is 6.73 Å². The summed E-state index contributed by atoms with van der Waals surface area (Å²) < 4.78 is 5.26. The van der Waals surface area contributed by atoms with E-state index in [9.17, 15) is 0 Å². The Hall–Kier alpha value is -0.120. The van der Waals surface area contributed by atoms with Crippen LogP contribution in [0.2, 0.25) is 0 Å². The molecule has 3 nitrogen and oxygen atoms in total. The highest BCUT2D eigenvalue weighted by atomic mass is 16.5. The number of methoxy groups -OCH3 is 1. The molecule has 0 saturated carbocycles. The van der Waals surface area contributed by atoms with Crippen LogP contribution in [0.5, 0.6) is 0 Å². The number of piperidine rings is 1. The van der Waals surface area contributed by atoms with Gasteiger partial charge in [-0.05, 0) is 44.7 Å². The van der Waals surface area contributed by atoms with Crippen LogP contribution in [0, 0.1) is 5.92 Å². The van der Waals surface area contributed by atoms with Crippen molar-refractivity contribution in [1.82, 2.24) is 10.2 Å². The second-order valence-corrected chi connectivity index (χ2v) is 4.53. The molecule has 1 N–H and O–H groups in total. The second kappa shape index (κ2) is 5.10. The number of hydrogen-bond acceptors (Lipinski definition) is 3. The van der Waals surface area contributed by atoms with E-state index in [0.29, 0.717) is 0 Å². The zero-order chi connectivity index (χ0) is 9.80.